The van der Waals surface area contributed by atoms with Gasteiger partial charge in [0.2, 0.25) is 0 Å². The molecule has 0 aliphatic heterocycles. The summed E-state index contributed by atoms with van der Waals surface area (Å²) in [6.45, 7) is 1.86. The predicted molar refractivity (Wildman–Crippen MR) is 62.5 cm³/mol. The second-order valence-electron chi connectivity index (χ2n) is 3.82. The SMILES string of the molecule is Cc1nn(C)c(CC(=O)O)c1-c1ccccn1. The molecule has 2 aromatic rings. The minimum atomic E-state index is -0.870. The Morgan fingerprint density at radius 1 is 1.47 bits per heavy atom. The van der Waals surface area contributed by atoms with Crippen LogP contribution in [0, 0.1) is 6.92 Å². The molecule has 0 unspecified atom stereocenters. The Morgan fingerprint density at radius 2 is 2.24 bits per heavy atom. The van der Waals surface area contributed by atoms with Crippen LogP contribution in [0.2, 0.25) is 0 Å². The van der Waals surface area contributed by atoms with E-state index in [0.717, 1.165) is 17.0 Å². The van der Waals surface area contributed by atoms with Gasteiger partial charge in [-0.3, -0.25) is 14.5 Å². The average molecular weight is 231 g/mol. The zero-order valence-electron chi connectivity index (χ0n) is 9.71. The number of carboxylic acid groups (broad SMARTS) is 1. The first kappa shape index (κ1) is 11.3. The molecule has 2 aromatic heterocycles. The van der Waals surface area contributed by atoms with Crippen LogP contribution in [0.3, 0.4) is 0 Å². The van der Waals surface area contributed by atoms with Crippen LogP contribution in [0.5, 0.6) is 0 Å². The molecule has 2 rings (SSSR count). The van der Waals surface area contributed by atoms with Gasteiger partial charge < -0.3 is 5.11 Å². The summed E-state index contributed by atoms with van der Waals surface area (Å²) >= 11 is 0. The van der Waals surface area contributed by atoms with Gasteiger partial charge in [0, 0.05) is 18.8 Å². The molecule has 0 fully saturated rings. The quantitative estimate of drug-likeness (QED) is 0.867. The monoisotopic (exact) mass is 231 g/mol. The van der Waals surface area contributed by atoms with Crippen LogP contribution in [-0.2, 0) is 18.3 Å². The summed E-state index contributed by atoms with van der Waals surface area (Å²) in [5.74, 6) is -0.870. The van der Waals surface area contributed by atoms with E-state index in [9.17, 15) is 4.79 Å². The molecule has 0 atom stereocenters. The van der Waals surface area contributed by atoms with Crippen LogP contribution in [-0.4, -0.2) is 25.8 Å². The molecule has 2 heterocycles. The van der Waals surface area contributed by atoms with E-state index in [1.165, 1.54) is 0 Å². The highest BCUT2D eigenvalue weighted by molar-refractivity contribution is 5.75. The molecule has 0 aromatic carbocycles. The zero-order valence-corrected chi connectivity index (χ0v) is 9.71. The zero-order chi connectivity index (χ0) is 12.4. The molecule has 5 heteroatoms. The highest BCUT2D eigenvalue weighted by Crippen LogP contribution is 2.25. The Kier molecular flexibility index (Phi) is 2.91. The number of rotatable bonds is 3. The Labute approximate surface area is 98.7 Å². The summed E-state index contributed by atoms with van der Waals surface area (Å²) in [6.07, 6.45) is 1.63. The van der Waals surface area contributed by atoms with Gasteiger partial charge in [-0.15, -0.1) is 0 Å². The number of aryl methyl sites for hydroxylation is 2. The molecule has 0 bridgehead atoms. The van der Waals surface area contributed by atoms with E-state index in [4.69, 9.17) is 5.11 Å². The van der Waals surface area contributed by atoms with Gasteiger partial charge in [0.05, 0.1) is 23.5 Å². The molecule has 5 nitrogen and oxygen atoms in total. The van der Waals surface area contributed by atoms with Crippen LogP contribution in [0.15, 0.2) is 24.4 Å². The molecular formula is C12H13N3O2. The van der Waals surface area contributed by atoms with Gasteiger partial charge in [0.15, 0.2) is 0 Å². The Hall–Kier alpha value is -2.17. The lowest BCUT2D eigenvalue weighted by molar-refractivity contribution is -0.136. The number of aromatic nitrogens is 3. The third kappa shape index (κ3) is 2.18. The van der Waals surface area contributed by atoms with Crippen molar-refractivity contribution in [1.29, 1.82) is 0 Å². The maximum Gasteiger partial charge on any atom is 0.309 e. The van der Waals surface area contributed by atoms with Crippen LogP contribution in [0.4, 0.5) is 0 Å². The molecule has 0 radical (unpaired) electrons. The van der Waals surface area contributed by atoms with Gasteiger partial charge in [-0.25, -0.2) is 0 Å². The highest BCUT2D eigenvalue weighted by atomic mass is 16.4. The first-order chi connectivity index (χ1) is 8.09. The molecule has 0 amide bonds. The summed E-state index contributed by atoms with van der Waals surface area (Å²) in [5, 5.41) is 13.2. The fourth-order valence-electron chi connectivity index (χ4n) is 1.90. The minimum Gasteiger partial charge on any atom is -0.481 e. The van der Waals surface area contributed by atoms with Crippen LogP contribution >= 0.6 is 0 Å². The van der Waals surface area contributed by atoms with Crippen molar-refractivity contribution in [2.45, 2.75) is 13.3 Å². The Bertz CT molecular complexity index is 546. The maximum atomic E-state index is 10.9. The van der Waals surface area contributed by atoms with E-state index in [-0.39, 0.29) is 6.42 Å². The normalized spacial score (nSPS) is 10.5. The molecule has 0 aliphatic rings. The van der Waals surface area contributed by atoms with Crippen molar-refractivity contribution in [3.05, 3.63) is 35.8 Å². The summed E-state index contributed by atoms with van der Waals surface area (Å²) < 4.78 is 1.60. The summed E-state index contributed by atoms with van der Waals surface area (Å²) in [4.78, 5) is 15.1. The van der Waals surface area contributed by atoms with Crippen molar-refractivity contribution in [2.75, 3.05) is 0 Å². The summed E-state index contributed by atoms with van der Waals surface area (Å²) in [6, 6.07) is 5.56. The summed E-state index contributed by atoms with van der Waals surface area (Å²) in [7, 11) is 1.75. The van der Waals surface area contributed by atoms with E-state index in [1.54, 1.807) is 17.9 Å². The minimum absolute atomic E-state index is 0.0523. The third-order valence-electron chi connectivity index (χ3n) is 2.58. The van der Waals surface area contributed by atoms with E-state index in [1.807, 2.05) is 25.1 Å². The largest absolute Gasteiger partial charge is 0.481 e. The van der Waals surface area contributed by atoms with Crippen molar-refractivity contribution in [3.63, 3.8) is 0 Å². The predicted octanol–water partition coefficient (Wildman–Crippen LogP) is 1.42. The number of nitrogens with zero attached hydrogens (tertiary/aromatic N) is 3. The lowest BCUT2D eigenvalue weighted by atomic mass is 10.1. The third-order valence-corrected chi connectivity index (χ3v) is 2.58. The number of carboxylic acids is 1. The molecule has 17 heavy (non-hydrogen) atoms. The number of hydrogen-bond acceptors (Lipinski definition) is 3. The van der Waals surface area contributed by atoms with Crippen molar-refractivity contribution in [3.8, 4) is 11.3 Å². The van der Waals surface area contributed by atoms with Crippen LogP contribution in [0.25, 0.3) is 11.3 Å². The van der Waals surface area contributed by atoms with Crippen molar-refractivity contribution in [2.24, 2.45) is 7.05 Å². The van der Waals surface area contributed by atoms with Crippen molar-refractivity contribution >= 4 is 5.97 Å². The van der Waals surface area contributed by atoms with E-state index < -0.39 is 5.97 Å². The fourth-order valence-corrected chi connectivity index (χ4v) is 1.90. The summed E-state index contributed by atoms with van der Waals surface area (Å²) in [5.41, 5.74) is 3.04. The second-order valence-corrected chi connectivity index (χ2v) is 3.82. The second kappa shape index (κ2) is 4.37. The lowest BCUT2D eigenvalue weighted by Crippen LogP contribution is -2.07. The fraction of sp³-hybridized carbons (Fsp3) is 0.250. The van der Waals surface area contributed by atoms with Crippen LogP contribution in [0.1, 0.15) is 11.4 Å². The molecular weight excluding hydrogens is 218 g/mol. The maximum absolute atomic E-state index is 10.9. The number of pyridine rings is 1. The van der Waals surface area contributed by atoms with Crippen molar-refractivity contribution < 1.29 is 9.90 Å². The highest BCUT2D eigenvalue weighted by Gasteiger charge is 2.17. The average Bonchev–Trinajstić information content (AvgIpc) is 2.54. The van der Waals surface area contributed by atoms with E-state index in [2.05, 4.69) is 10.1 Å². The standard InChI is InChI=1S/C12H13N3O2/c1-8-12(9-5-3-4-6-13-9)10(7-11(16)17)15(2)14-8/h3-6H,7H2,1-2H3,(H,16,17). The van der Waals surface area contributed by atoms with Gasteiger partial charge in [-0.2, -0.15) is 5.10 Å². The van der Waals surface area contributed by atoms with Gasteiger partial charge in [0.25, 0.3) is 0 Å². The lowest BCUT2D eigenvalue weighted by Gasteiger charge is -2.03. The van der Waals surface area contributed by atoms with Crippen LogP contribution < -0.4 is 0 Å². The molecule has 0 saturated heterocycles. The van der Waals surface area contributed by atoms with Gasteiger partial charge >= 0.3 is 5.97 Å². The molecule has 0 spiro atoms. The van der Waals surface area contributed by atoms with Gasteiger partial charge in [-0.05, 0) is 19.1 Å². The Morgan fingerprint density at radius 3 is 2.82 bits per heavy atom. The smallest absolute Gasteiger partial charge is 0.309 e. The number of carbonyl (C=O) groups is 1. The van der Waals surface area contributed by atoms with E-state index in [0.29, 0.717) is 5.69 Å². The number of hydrogen-bond donors (Lipinski definition) is 1. The molecule has 88 valence electrons. The first-order valence-electron chi connectivity index (χ1n) is 5.25. The molecule has 0 saturated carbocycles. The van der Waals surface area contributed by atoms with E-state index >= 15 is 0 Å². The van der Waals surface area contributed by atoms with Gasteiger partial charge in [0.1, 0.15) is 0 Å². The molecule has 1 N–H and O–H groups in total. The first-order valence-corrected chi connectivity index (χ1v) is 5.25. The Balaban J connectivity index is 2.56. The van der Waals surface area contributed by atoms with Gasteiger partial charge in [-0.1, -0.05) is 6.07 Å². The van der Waals surface area contributed by atoms with Crippen molar-refractivity contribution in [1.82, 2.24) is 14.8 Å². The molecule has 0 aliphatic carbocycles. The topological polar surface area (TPSA) is 68.0 Å². The number of aliphatic carboxylic acids is 1.